The molecule has 1 amide bonds. The van der Waals surface area contributed by atoms with E-state index in [2.05, 4.69) is 24.1 Å². The summed E-state index contributed by atoms with van der Waals surface area (Å²) in [5.74, 6) is 0.694. The van der Waals surface area contributed by atoms with Gasteiger partial charge in [0.2, 0.25) is 5.91 Å². The first-order chi connectivity index (χ1) is 11.8. The molecule has 0 heterocycles. The number of hydrogen-bond acceptors (Lipinski definition) is 3. The van der Waals surface area contributed by atoms with E-state index in [1.165, 1.54) is 38.5 Å². The van der Waals surface area contributed by atoms with Crippen LogP contribution in [0.3, 0.4) is 0 Å². The van der Waals surface area contributed by atoms with Crippen LogP contribution in [0, 0.1) is 17.3 Å². The molecule has 3 aliphatic rings. The molecular formula is C20H34N2O3. The van der Waals surface area contributed by atoms with Gasteiger partial charge in [-0.3, -0.25) is 14.5 Å². The highest BCUT2D eigenvalue weighted by atomic mass is 16.4. The smallest absolute Gasteiger partial charge is 0.317 e. The zero-order chi connectivity index (χ0) is 18.0. The Morgan fingerprint density at radius 1 is 1.08 bits per heavy atom. The van der Waals surface area contributed by atoms with Crippen LogP contribution in [0.2, 0.25) is 0 Å². The van der Waals surface area contributed by atoms with Gasteiger partial charge in [0.15, 0.2) is 0 Å². The first kappa shape index (κ1) is 18.7. The summed E-state index contributed by atoms with van der Waals surface area (Å²) in [5, 5.41) is 12.3. The lowest BCUT2D eigenvalue weighted by molar-refractivity contribution is -0.140. The first-order valence-electron chi connectivity index (χ1n) is 10.1. The number of carbonyl (C=O) groups is 2. The Kier molecular flexibility index (Phi) is 5.71. The summed E-state index contributed by atoms with van der Waals surface area (Å²) in [4.78, 5) is 25.5. The zero-order valence-corrected chi connectivity index (χ0v) is 15.8. The lowest BCUT2D eigenvalue weighted by Crippen LogP contribution is -2.55. The van der Waals surface area contributed by atoms with E-state index in [-0.39, 0.29) is 18.5 Å². The fourth-order valence-corrected chi connectivity index (χ4v) is 4.36. The fraction of sp³-hybridized carbons (Fsp3) is 0.900. The van der Waals surface area contributed by atoms with Crippen LogP contribution in [0.5, 0.6) is 0 Å². The molecule has 0 aliphatic heterocycles. The minimum atomic E-state index is -0.742. The molecule has 0 saturated heterocycles. The number of carboxylic acid groups (broad SMARTS) is 1. The van der Waals surface area contributed by atoms with Crippen molar-refractivity contribution in [3.8, 4) is 0 Å². The molecule has 3 saturated carbocycles. The van der Waals surface area contributed by atoms with Crippen LogP contribution in [-0.4, -0.2) is 47.1 Å². The van der Waals surface area contributed by atoms with E-state index >= 15 is 0 Å². The third kappa shape index (κ3) is 5.70. The normalized spacial score (nSPS) is 29.2. The maximum Gasteiger partial charge on any atom is 0.317 e. The minimum Gasteiger partial charge on any atom is -0.480 e. The summed E-state index contributed by atoms with van der Waals surface area (Å²) < 4.78 is 0. The molecule has 0 bridgehead atoms. The predicted molar refractivity (Wildman–Crippen MR) is 97.2 cm³/mol. The summed E-state index contributed by atoms with van der Waals surface area (Å²) in [6.45, 7) is 5.69. The Balaban J connectivity index is 1.36. The second kappa shape index (κ2) is 7.65. The molecule has 25 heavy (non-hydrogen) atoms. The van der Waals surface area contributed by atoms with E-state index in [1.54, 1.807) is 0 Å². The van der Waals surface area contributed by atoms with Crippen molar-refractivity contribution in [1.82, 2.24) is 10.2 Å². The quantitative estimate of drug-likeness (QED) is 0.706. The van der Waals surface area contributed by atoms with Gasteiger partial charge in [0.05, 0.1) is 6.54 Å². The van der Waals surface area contributed by atoms with Crippen molar-refractivity contribution in [3.05, 3.63) is 0 Å². The van der Waals surface area contributed by atoms with Crippen LogP contribution in [0.4, 0.5) is 0 Å². The molecular weight excluding hydrogens is 316 g/mol. The van der Waals surface area contributed by atoms with Crippen LogP contribution >= 0.6 is 0 Å². The fourth-order valence-electron chi connectivity index (χ4n) is 4.36. The Morgan fingerprint density at radius 2 is 1.72 bits per heavy atom. The third-order valence-electron chi connectivity index (χ3n) is 6.46. The van der Waals surface area contributed by atoms with Gasteiger partial charge in [-0.05, 0) is 68.6 Å². The molecule has 142 valence electrons. The van der Waals surface area contributed by atoms with Gasteiger partial charge in [-0.15, -0.1) is 0 Å². The molecule has 0 radical (unpaired) electrons. The third-order valence-corrected chi connectivity index (χ3v) is 6.46. The van der Waals surface area contributed by atoms with Crippen LogP contribution in [-0.2, 0) is 9.59 Å². The molecule has 5 heteroatoms. The van der Waals surface area contributed by atoms with Crippen molar-refractivity contribution >= 4 is 11.9 Å². The predicted octanol–water partition coefficient (Wildman–Crippen LogP) is 3.04. The van der Waals surface area contributed by atoms with Gasteiger partial charge in [-0.1, -0.05) is 13.8 Å². The monoisotopic (exact) mass is 350 g/mol. The highest BCUT2D eigenvalue weighted by Crippen LogP contribution is 2.39. The topological polar surface area (TPSA) is 69.6 Å². The lowest BCUT2D eigenvalue weighted by Gasteiger charge is -2.43. The maximum atomic E-state index is 12.3. The summed E-state index contributed by atoms with van der Waals surface area (Å²) in [5.41, 5.74) is 0.448. The SMILES string of the molecule is CC1(C)CCC(CC(=O)NC2CC(N(CC(=O)O)CC3CC3)C2)CC1. The second-order valence-electron chi connectivity index (χ2n) is 9.47. The van der Waals surface area contributed by atoms with Gasteiger partial charge in [0, 0.05) is 25.0 Å². The number of hydrogen-bond donors (Lipinski definition) is 2. The Morgan fingerprint density at radius 3 is 2.28 bits per heavy atom. The molecule has 0 aromatic rings. The molecule has 0 unspecified atom stereocenters. The van der Waals surface area contributed by atoms with Crippen LogP contribution in [0.1, 0.15) is 71.6 Å². The second-order valence-corrected chi connectivity index (χ2v) is 9.47. The van der Waals surface area contributed by atoms with Gasteiger partial charge in [-0.2, -0.15) is 0 Å². The molecule has 0 atom stereocenters. The molecule has 3 fully saturated rings. The molecule has 5 nitrogen and oxygen atoms in total. The van der Waals surface area contributed by atoms with Crippen LogP contribution < -0.4 is 5.32 Å². The molecule has 3 rings (SSSR count). The van der Waals surface area contributed by atoms with E-state index in [4.69, 9.17) is 5.11 Å². The molecule has 0 spiro atoms. The number of nitrogens with zero attached hydrogens (tertiary/aromatic N) is 1. The molecule has 2 N–H and O–H groups in total. The maximum absolute atomic E-state index is 12.3. The average Bonchev–Trinajstić information content (AvgIpc) is 3.27. The van der Waals surface area contributed by atoms with Crippen molar-refractivity contribution in [2.24, 2.45) is 17.3 Å². The number of carbonyl (C=O) groups excluding carboxylic acids is 1. The Hall–Kier alpha value is -1.10. The molecule has 3 aliphatic carbocycles. The van der Waals surface area contributed by atoms with E-state index < -0.39 is 5.97 Å². The number of rotatable bonds is 8. The number of amides is 1. The van der Waals surface area contributed by atoms with Crippen LogP contribution in [0.15, 0.2) is 0 Å². The van der Waals surface area contributed by atoms with Crippen molar-refractivity contribution < 1.29 is 14.7 Å². The minimum absolute atomic E-state index is 0.139. The van der Waals surface area contributed by atoms with Crippen molar-refractivity contribution in [3.63, 3.8) is 0 Å². The lowest BCUT2D eigenvalue weighted by atomic mass is 9.72. The summed E-state index contributed by atoms with van der Waals surface area (Å²) in [6.07, 6.45) is 9.74. The first-order valence-corrected chi connectivity index (χ1v) is 10.1. The average molecular weight is 351 g/mol. The molecule has 0 aromatic carbocycles. The van der Waals surface area contributed by atoms with Gasteiger partial charge in [0.1, 0.15) is 0 Å². The van der Waals surface area contributed by atoms with E-state index in [9.17, 15) is 9.59 Å². The van der Waals surface area contributed by atoms with Gasteiger partial charge in [0.25, 0.3) is 0 Å². The Labute approximate surface area is 151 Å². The summed E-state index contributed by atoms with van der Waals surface area (Å²) in [6, 6.07) is 0.575. The van der Waals surface area contributed by atoms with Crippen molar-refractivity contribution in [1.29, 1.82) is 0 Å². The highest BCUT2D eigenvalue weighted by molar-refractivity contribution is 5.76. The van der Waals surface area contributed by atoms with E-state index in [1.807, 2.05) is 0 Å². The Bertz CT molecular complexity index is 485. The van der Waals surface area contributed by atoms with Gasteiger partial charge in [-0.25, -0.2) is 0 Å². The number of carboxylic acids is 1. The summed E-state index contributed by atoms with van der Waals surface area (Å²) in [7, 11) is 0. The standard InChI is InChI=1S/C20H34N2O3/c1-20(2)7-5-14(6-8-20)9-18(23)21-16-10-17(11-16)22(13-19(24)25)12-15-3-4-15/h14-17H,3-13H2,1-2H3,(H,21,23)(H,24,25). The van der Waals surface area contributed by atoms with Crippen molar-refractivity contribution in [2.45, 2.75) is 83.7 Å². The zero-order valence-electron chi connectivity index (χ0n) is 15.8. The summed E-state index contributed by atoms with van der Waals surface area (Å²) >= 11 is 0. The number of nitrogens with one attached hydrogen (secondary N) is 1. The largest absolute Gasteiger partial charge is 0.480 e. The van der Waals surface area contributed by atoms with E-state index in [0.29, 0.717) is 29.7 Å². The highest BCUT2D eigenvalue weighted by Gasteiger charge is 2.38. The van der Waals surface area contributed by atoms with Crippen LogP contribution in [0.25, 0.3) is 0 Å². The van der Waals surface area contributed by atoms with Crippen molar-refractivity contribution in [2.75, 3.05) is 13.1 Å². The van der Waals surface area contributed by atoms with Gasteiger partial charge >= 0.3 is 5.97 Å². The van der Waals surface area contributed by atoms with E-state index in [0.717, 1.165) is 19.4 Å². The van der Waals surface area contributed by atoms with Gasteiger partial charge < -0.3 is 10.4 Å². The molecule has 0 aromatic heterocycles. The number of aliphatic carboxylic acids is 1.